The SMILES string of the molecule is FC(F)(F)c1cc(NC2CCOC3(CCCC3)C2)nc(-c2cccnc2)n1. The fourth-order valence-corrected chi connectivity index (χ4v) is 4.02. The van der Waals surface area contributed by atoms with Crippen molar-refractivity contribution in [2.45, 2.75) is 56.3 Å². The van der Waals surface area contributed by atoms with Crippen LogP contribution in [0.25, 0.3) is 11.4 Å². The molecule has 8 heteroatoms. The van der Waals surface area contributed by atoms with Crippen molar-refractivity contribution >= 4 is 5.82 Å². The van der Waals surface area contributed by atoms with Gasteiger partial charge >= 0.3 is 6.18 Å². The molecule has 1 N–H and O–H groups in total. The second kappa shape index (κ2) is 7.07. The Balaban J connectivity index is 1.61. The van der Waals surface area contributed by atoms with Crippen molar-refractivity contribution in [3.8, 4) is 11.4 Å². The summed E-state index contributed by atoms with van der Waals surface area (Å²) >= 11 is 0. The minimum absolute atomic E-state index is 0.0167. The lowest BCUT2D eigenvalue weighted by molar-refractivity contribution is -0.141. The Morgan fingerprint density at radius 3 is 2.70 bits per heavy atom. The quantitative estimate of drug-likeness (QED) is 0.854. The average Bonchev–Trinajstić information content (AvgIpc) is 3.09. The van der Waals surface area contributed by atoms with E-state index in [4.69, 9.17) is 4.74 Å². The van der Waals surface area contributed by atoms with Gasteiger partial charge in [-0.15, -0.1) is 0 Å². The number of alkyl halides is 3. The molecule has 1 spiro atoms. The molecule has 1 aliphatic carbocycles. The number of halogens is 3. The van der Waals surface area contributed by atoms with Crippen LogP contribution in [-0.2, 0) is 10.9 Å². The van der Waals surface area contributed by atoms with E-state index in [2.05, 4.69) is 20.3 Å². The van der Waals surface area contributed by atoms with Crippen LogP contribution in [0.3, 0.4) is 0 Å². The Morgan fingerprint density at radius 2 is 2.00 bits per heavy atom. The maximum absolute atomic E-state index is 13.3. The van der Waals surface area contributed by atoms with Gasteiger partial charge in [-0.1, -0.05) is 12.8 Å². The number of aromatic nitrogens is 3. The number of nitrogens with zero attached hydrogens (tertiary/aromatic N) is 3. The molecule has 2 aromatic heterocycles. The number of rotatable bonds is 3. The molecule has 27 heavy (non-hydrogen) atoms. The van der Waals surface area contributed by atoms with Gasteiger partial charge in [0.15, 0.2) is 11.5 Å². The maximum Gasteiger partial charge on any atom is 0.433 e. The van der Waals surface area contributed by atoms with Crippen molar-refractivity contribution in [2.75, 3.05) is 11.9 Å². The highest BCUT2D eigenvalue weighted by atomic mass is 19.4. The first-order chi connectivity index (χ1) is 12.9. The highest BCUT2D eigenvalue weighted by Gasteiger charge is 2.40. The van der Waals surface area contributed by atoms with Gasteiger partial charge in [0.05, 0.1) is 5.60 Å². The number of ether oxygens (including phenoxy) is 1. The van der Waals surface area contributed by atoms with Crippen molar-refractivity contribution in [1.82, 2.24) is 15.0 Å². The Labute approximate surface area is 155 Å². The Morgan fingerprint density at radius 1 is 1.19 bits per heavy atom. The number of anilines is 1. The highest BCUT2D eigenvalue weighted by Crippen LogP contribution is 2.40. The van der Waals surface area contributed by atoms with Crippen LogP contribution in [0.1, 0.15) is 44.2 Å². The fourth-order valence-electron chi connectivity index (χ4n) is 4.02. The third-order valence-electron chi connectivity index (χ3n) is 5.30. The third-order valence-corrected chi connectivity index (χ3v) is 5.30. The summed E-state index contributed by atoms with van der Waals surface area (Å²) in [6, 6.07) is 4.31. The molecule has 0 radical (unpaired) electrons. The van der Waals surface area contributed by atoms with Gasteiger partial charge in [-0.2, -0.15) is 13.2 Å². The van der Waals surface area contributed by atoms with Gasteiger partial charge < -0.3 is 10.1 Å². The van der Waals surface area contributed by atoms with Crippen LogP contribution in [0.2, 0.25) is 0 Å². The summed E-state index contributed by atoms with van der Waals surface area (Å²) in [6.45, 7) is 0.615. The number of pyridine rings is 1. The monoisotopic (exact) mass is 378 g/mol. The normalized spacial score (nSPS) is 22.1. The second-order valence-electron chi connectivity index (χ2n) is 7.27. The smallest absolute Gasteiger partial charge is 0.375 e. The first-order valence-electron chi connectivity index (χ1n) is 9.21. The zero-order valence-electron chi connectivity index (χ0n) is 14.8. The van der Waals surface area contributed by atoms with Crippen LogP contribution in [0.15, 0.2) is 30.6 Å². The summed E-state index contributed by atoms with van der Waals surface area (Å²) in [5.74, 6) is 0.208. The topological polar surface area (TPSA) is 59.9 Å². The summed E-state index contributed by atoms with van der Waals surface area (Å²) in [6.07, 6.45) is 4.33. The molecule has 1 unspecified atom stereocenters. The largest absolute Gasteiger partial charge is 0.433 e. The standard InChI is InChI=1S/C19H21F3N4O/c20-19(21,22)15-10-16(26-17(25-15)13-4-3-8-23-12-13)24-14-5-9-27-18(11-14)6-1-2-7-18/h3-4,8,10,12,14H,1-2,5-7,9,11H2,(H,24,25,26). The molecule has 1 saturated heterocycles. The summed E-state index contributed by atoms with van der Waals surface area (Å²) in [5.41, 5.74) is -0.630. The van der Waals surface area contributed by atoms with Crippen LogP contribution in [-0.4, -0.2) is 33.2 Å². The van der Waals surface area contributed by atoms with E-state index in [0.29, 0.717) is 12.2 Å². The van der Waals surface area contributed by atoms with Gasteiger partial charge in [0.25, 0.3) is 0 Å². The molecule has 4 rings (SSSR count). The zero-order chi connectivity index (χ0) is 18.9. The predicted octanol–water partition coefficient (Wildman–Crippen LogP) is 4.46. The van der Waals surface area contributed by atoms with Gasteiger partial charge in [-0.25, -0.2) is 9.97 Å². The van der Waals surface area contributed by atoms with Crippen molar-refractivity contribution in [3.05, 3.63) is 36.3 Å². The lowest BCUT2D eigenvalue weighted by atomic mass is 9.89. The number of hydrogen-bond acceptors (Lipinski definition) is 5. The molecule has 0 aromatic carbocycles. The van der Waals surface area contributed by atoms with Crippen molar-refractivity contribution in [2.24, 2.45) is 0 Å². The molecule has 0 bridgehead atoms. The molecule has 2 aliphatic rings. The maximum atomic E-state index is 13.3. The van der Waals surface area contributed by atoms with E-state index in [1.807, 2.05) is 0 Å². The van der Waals surface area contributed by atoms with Gasteiger partial charge in [-0.3, -0.25) is 4.98 Å². The second-order valence-corrected chi connectivity index (χ2v) is 7.27. The summed E-state index contributed by atoms with van der Waals surface area (Å²) < 4.78 is 46.0. The van der Waals surface area contributed by atoms with Gasteiger partial charge in [0, 0.05) is 36.7 Å². The number of hydrogen-bond donors (Lipinski definition) is 1. The van der Waals surface area contributed by atoms with Crippen LogP contribution >= 0.6 is 0 Å². The minimum Gasteiger partial charge on any atom is -0.375 e. The molecule has 1 saturated carbocycles. The molecule has 2 fully saturated rings. The van der Waals surface area contributed by atoms with E-state index in [1.54, 1.807) is 18.3 Å². The van der Waals surface area contributed by atoms with Crippen LogP contribution in [0, 0.1) is 0 Å². The third kappa shape index (κ3) is 4.05. The molecule has 1 aliphatic heterocycles. The Hall–Kier alpha value is -2.22. The highest BCUT2D eigenvalue weighted by molar-refractivity contribution is 5.56. The van der Waals surface area contributed by atoms with E-state index >= 15 is 0 Å². The summed E-state index contributed by atoms with van der Waals surface area (Å²) in [4.78, 5) is 12.0. The van der Waals surface area contributed by atoms with Crippen molar-refractivity contribution < 1.29 is 17.9 Å². The van der Waals surface area contributed by atoms with Gasteiger partial charge in [-0.05, 0) is 37.8 Å². The van der Waals surface area contributed by atoms with E-state index in [-0.39, 0.29) is 23.3 Å². The van der Waals surface area contributed by atoms with E-state index in [1.165, 1.54) is 6.20 Å². The van der Waals surface area contributed by atoms with Crippen LogP contribution in [0.4, 0.5) is 19.0 Å². The predicted molar refractivity (Wildman–Crippen MR) is 94.1 cm³/mol. The fraction of sp³-hybridized carbons (Fsp3) is 0.526. The molecular formula is C19H21F3N4O. The van der Waals surface area contributed by atoms with Crippen LogP contribution < -0.4 is 5.32 Å². The number of nitrogens with one attached hydrogen (secondary N) is 1. The van der Waals surface area contributed by atoms with Crippen molar-refractivity contribution in [1.29, 1.82) is 0 Å². The van der Waals surface area contributed by atoms with Gasteiger partial charge in [0.1, 0.15) is 5.82 Å². The summed E-state index contributed by atoms with van der Waals surface area (Å²) in [5, 5.41) is 3.20. The lowest BCUT2D eigenvalue weighted by Crippen LogP contribution is -2.42. The van der Waals surface area contributed by atoms with Crippen molar-refractivity contribution in [3.63, 3.8) is 0 Å². The van der Waals surface area contributed by atoms with E-state index in [9.17, 15) is 13.2 Å². The first-order valence-corrected chi connectivity index (χ1v) is 9.21. The minimum atomic E-state index is -4.54. The Bertz CT molecular complexity index is 791. The average molecular weight is 378 g/mol. The zero-order valence-corrected chi connectivity index (χ0v) is 14.8. The molecule has 3 heterocycles. The molecule has 1 atom stereocenters. The molecular weight excluding hydrogens is 357 g/mol. The summed E-state index contributed by atoms with van der Waals surface area (Å²) in [7, 11) is 0. The molecule has 0 amide bonds. The Kier molecular flexibility index (Phi) is 4.75. The van der Waals surface area contributed by atoms with Crippen LogP contribution in [0.5, 0.6) is 0 Å². The van der Waals surface area contributed by atoms with E-state index < -0.39 is 11.9 Å². The lowest BCUT2D eigenvalue weighted by Gasteiger charge is -2.38. The van der Waals surface area contributed by atoms with E-state index in [0.717, 1.165) is 44.6 Å². The molecule has 144 valence electrons. The molecule has 5 nitrogen and oxygen atoms in total. The molecule has 2 aromatic rings. The van der Waals surface area contributed by atoms with Gasteiger partial charge in [0.2, 0.25) is 0 Å². The first kappa shape index (κ1) is 18.2.